The van der Waals surface area contributed by atoms with Crippen molar-refractivity contribution in [3.8, 4) is 11.5 Å². The van der Waals surface area contributed by atoms with Gasteiger partial charge in [-0.2, -0.15) is 0 Å². The van der Waals surface area contributed by atoms with E-state index in [1.807, 2.05) is 31.2 Å². The molecule has 1 aromatic carbocycles. The molecule has 1 atom stereocenters. The SMILES string of the molecule is C[C@H](Sc1nnc(C2CC2)n1Cc1ccco1)C(=O)Nc1ccc2c(c1)OCCO2. The first kappa shape index (κ1) is 19.0. The summed E-state index contributed by atoms with van der Waals surface area (Å²) in [6.45, 7) is 3.46. The molecule has 156 valence electrons. The Kier molecular flexibility index (Phi) is 5.12. The fraction of sp³-hybridized carbons (Fsp3) is 0.381. The van der Waals surface area contributed by atoms with E-state index >= 15 is 0 Å². The number of amides is 1. The number of carbonyl (C=O) groups is 1. The van der Waals surface area contributed by atoms with E-state index in [1.54, 1.807) is 12.3 Å². The Hall–Kier alpha value is -2.94. The quantitative estimate of drug-likeness (QED) is 0.576. The minimum Gasteiger partial charge on any atom is -0.486 e. The smallest absolute Gasteiger partial charge is 0.237 e. The van der Waals surface area contributed by atoms with Crippen LogP contribution < -0.4 is 14.8 Å². The molecule has 1 amide bonds. The molecule has 9 heteroatoms. The molecule has 0 spiro atoms. The molecule has 0 radical (unpaired) electrons. The first-order valence-electron chi connectivity index (χ1n) is 10.00. The Balaban J connectivity index is 1.29. The van der Waals surface area contributed by atoms with Crippen molar-refractivity contribution in [2.45, 2.75) is 42.6 Å². The van der Waals surface area contributed by atoms with Gasteiger partial charge in [0.1, 0.15) is 24.8 Å². The lowest BCUT2D eigenvalue weighted by molar-refractivity contribution is -0.115. The van der Waals surface area contributed by atoms with Crippen LogP contribution in [-0.4, -0.2) is 39.1 Å². The second-order valence-corrected chi connectivity index (χ2v) is 8.70. The number of benzene rings is 1. The minimum absolute atomic E-state index is 0.114. The average Bonchev–Trinajstić information content (AvgIpc) is 3.33. The highest BCUT2D eigenvalue weighted by atomic mass is 32.2. The van der Waals surface area contributed by atoms with Crippen molar-refractivity contribution in [3.63, 3.8) is 0 Å². The highest BCUT2D eigenvalue weighted by molar-refractivity contribution is 8.00. The van der Waals surface area contributed by atoms with E-state index in [0.29, 0.717) is 42.9 Å². The molecule has 1 aliphatic carbocycles. The van der Waals surface area contributed by atoms with Gasteiger partial charge in [-0.15, -0.1) is 10.2 Å². The Bertz CT molecular complexity index is 1050. The topological polar surface area (TPSA) is 91.4 Å². The summed E-state index contributed by atoms with van der Waals surface area (Å²) in [5, 5.41) is 12.1. The fourth-order valence-electron chi connectivity index (χ4n) is 3.31. The molecule has 8 nitrogen and oxygen atoms in total. The summed E-state index contributed by atoms with van der Waals surface area (Å²) in [5.41, 5.74) is 0.674. The van der Waals surface area contributed by atoms with E-state index in [-0.39, 0.29) is 11.2 Å². The number of carbonyl (C=O) groups excluding carboxylic acids is 1. The van der Waals surface area contributed by atoms with Crippen molar-refractivity contribution >= 4 is 23.4 Å². The highest BCUT2D eigenvalue weighted by Crippen LogP contribution is 2.40. The van der Waals surface area contributed by atoms with Crippen LogP contribution in [0.1, 0.15) is 37.3 Å². The Labute approximate surface area is 178 Å². The zero-order chi connectivity index (χ0) is 20.5. The first-order valence-corrected chi connectivity index (χ1v) is 10.9. The molecule has 1 saturated carbocycles. The van der Waals surface area contributed by atoms with Crippen LogP contribution in [0.2, 0.25) is 0 Å². The summed E-state index contributed by atoms with van der Waals surface area (Å²) in [4.78, 5) is 12.8. The summed E-state index contributed by atoms with van der Waals surface area (Å²) in [6.07, 6.45) is 3.91. The van der Waals surface area contributed by atoms with E-state index < -0.39 is 0 Å². The van der Waals surface area contributed by atoms with Crippen molar-refractivity contribution < 1.29 is 18.7 Å². The monoisotopic (exact) mass is 426 g/mol. The van der Waals surface area contributed by atoms with Gasteiger partial charge in [-0.05, 0) is 44.0 Å². The molecule has 3 aromatic rings. The molecule has 30 heavy (non-hydrogen) atoms. The number of nitrogens with one attached hydrogen (secondary N) is 1. The molecule has 0 saturated heterocycles. The molecule has 1 N–H and O–H groups in total. The third-order valence-corrected chi connectivity index (χ3v) is 6.12. The summed E-state index contributed by atoms with van der Waals surface area (Å²) >= 11 is 1.39. The number of thioether (sulfide) groups is 1. The van der Waals surface area contributed by atoms with Crippen LogP contribution in [0.25, 0.3) is 0 Å². The molecule has 2 aliphatic rings. The maximum atomic E-state index is 12.8. The number of hydrogen-bond acceptors (Lipinski definition) is 7. The minimum atomic E-state index is -0.357. The number of furan rings is 1. The average molecular weight is 426 g/mol. The third-order valence-electron chi connectivity index (χ3n) is 5.04. The van der Waals surface area contributed by atoms with Crippen LogP contribution in [0, 0.1) is 0 Å². The van der Waals surface area contributed by atoms with Gasteiger partial charge in [0.05, 0.1) is 18.1 Å². The van der Waals surface area contributed by atoms with Crippen LogP contribution in [0.15, 0.2) is 46.2 Å². The van der Waals surface area contributed by atoms with E-state index in [4.69, 9.17) is 13.9 Å². The van der Waals surface area contributed by atoms with Gasteiger partial charge in [0.25, 0.3) is 0 Å². The number of anilines is 1. The predicted molar refractivity (Wildman–Crippen MR) is 111 cm³/mol. The largest absolute Gasteiger partial charge is 0.486 e. The van der Waals surface area contributed by atoms with Gasteiger partial charge in [0.15, 0.2) is 16.7 Å². The summed E-state index contributed by atoms with van der Waals surface area (Å²) in [7, 11) is 0. The van der Waals surface area contributed by atoms with Gasteiger partial charge < -0.3 is 19.2 Å². The van der Waals surface area contributed by atoms with Crippen LogP contribution in [-0.2, 0) is 11.3 Å². The van der Waals surface area contributed by atoms with E-state index in [2.05, 4.69) is 20.1 Å². The van der Waals surface area contributed by atoms with Crippen molar-refractivity contribution in [2.75, 3.05) is 18.5 Å². The van der Waals surface area contributed by atoms with Crippen molar-refractivity contribution in [2.24, 2.45) is 0 Å². The molecule has 1 fully saturated rings. The van der Waals surface area contributed by atoms with Gasteiger partial charge in [-0.1, -0.05) is 11.8 Å². The first-order chi connectivity index (χ1) is 14.7. The normalized spacial score (nSPS) is 16.3. The molecular weight excluding hydrogens is 404 g/mol. The summed E-state index contributed by atoms with van der Waals surface area (Å²) in [5.74, 6) is 3.48. The number of rotatable bonds is 7. The van der Waals surface area contributed by atoms with Crippen molar-refractivity contribution in [1.82, 2.24) is 14.8 Å². The molecule has 0 unspecified atom stereocenters. The zero-order valence-corrected chi connectivity index (χ0v) is 17.4. The number of aromatic nitrogens is 3. The maximum absolute atomic E-state index is 12.8. The Morgan fingerprint density at radius 3 is 2.83 bits per heavy atom. The van der Waals surface area contributed by atoms with Crippen LogP contribution in [0.4, 0.5) is 5.69 Å². The highest BCUT2D eigenvalue weighted by Gasteiger charge is 2.31. The lowest BCUT2D eigenvalue weighted by Gasteiger charge is -2.19. The summed E-state index contributed by atoms with van der Waals surface area (Å²) < 4.78 is 18.7. The van der Waals surface area contributed by atoms with Crippen molar-refractivity contribution in [1.29, 1.82) is 0 Å². The lowest BCUT2D eigenvalue weighted by Crippen LogP contribution is -2.23. The van der Waals surface area contributed by atoms with E-state index in [1.165, 1.54) is 11.8 Å². The number of ether oxygens (including phenoxy) is 2. The van der Waals surface area contributed by atoms with Crippen molar-refractivity contribution in [3.05, 3.63) is 48.2 Å². The van der Waals surface area contributed by atoms with E-state index in [9.17, 15) is 4.79 Å². The standard InChI is InChI=1S/C21H22N4O4S/c1-13(20(26)22-15-6-7-17-18(11-15)29-10-9-28-17)30-21-24-23-19(14-4-5-14)25(21)12-16-3-2-8-27-16/h2-3,6-8,11,13-14H,4-5,9-10,12H2,1H3,(H,22,26)/t13-/m0/s1. The molecule has 2 aromatic heterocycles. The Morgan fingerprint density at radius 1 is 1.23 bits per heavy atom. The van der Waals surface area contributed by atoms with Gasteiger partial charge in [0, 0.05) is 17.7 Å². The maximum Gasteiger partial charge on any atom is 0.237 e. The van der Waals surface area contributed by atoms with Crippen LogP contribution >= 0.6 is 11.8 Å². The number of nitrogens with zero attached hydrogens (tertiary/aromatic N) is 3. The van der Waals surface area contributed by atoms with E-state index in [0.717, 1.165) is 29.6 Å². The predicted octanol–water partition coefficient (Wildman–Crippen LogP) is 3.69. The molecule has 3 heterocycles. The summed E-state index contributed by atoms with van der Waals surface area (Å²) in [6, 6.07) is 9.21. The van der Waals surface area contributed by atoms with Crippen LogP contribution in [0.3, 0.4) is 0 Å². The zero-order valence-electron chi connectivity index (χ0n) is 16.5. The number of fused-ring (bicyclic) bond motifs is 1. The van der Waals surface area contributed by atoms with Gasteiger partial charge in [-0.3, -0.25) is 9.36 Å². The van der Waals surface area contributed by atoms with Crippen LogP contribution in [0.5, 0.6) is 11.5 Å². The molecule has 1 aliphatic heterocycles. The lowest BCUT2D eigenvalue weighted by atomic mass is 10.2. The van der Waals surface area contributed by atoms with Gasteiger partial charge in [-0.25, -0.2) is 0 Å². The number of hydrogen-bond donors (Lipinski definition) is 1. The Morgan fingerprint density at radius 2 is 2.07 bits per heavy atom. The second kappa shape index (κ2) is 8.06. The van der Waals surface area contributed by atoms with Gasteiger partial charge >= 0.3 is 0 Å². The third kappa shape index (κ3) is 4.02. The molecule has 5 rings (SSSR count). The fourth-order valence-corrected chi connectivity index (χ4v) is 4.17. The molecular formula is C21H22N4O4S. The molecule has 0 bridgehead atoms. The van der Waals surface area contributed by atoms with Gasteiger partial charge in [0.2, 0.25) is 5.91 Å². The second-order valence-electron chi connectivity index (χ2n) is 7.39.